The predicted molar refractivity (Wildman–Crippen MR) is 87.2 cm³/mol. The monoisotopic (exact) mass is 292 g/mol. The first kappa shape index (κ1) is 14.0. The van der Waals surface area contributed by atoms with Gasteiger partial charge in [0.1, 0.15) is 11.8 Å². The lowest BCUT2D eigenvalue weighted by Crippen LogP contribution is -2.06. The van der Waals surface area contributed by atoms with Gasteiger partial charge in [0.15, 0.2) is 11.7 Å². The molecule has 0 saturated carbocycles. The van der Waals surface area contributed by atoms with Crippen LogP contribution in [0.3, 0.4) is 0 Å². The zero-order valence-electron chi connectivity index (χ0n) is 12.7. The molecule has 0 aliphatic rings. The molecular weight excluding hydrogens is 276 g/mol. The summed E-state index contributed by atoms with van der Waals surface area (Å²) >= 11 is 0. The summed E-state index contributed by atoms with van der Waals surface area (Å²) in [6, 6.07) is 13.7. The van der Waals surface area contributed by atoms with Crippen LogP contribution in [0.5, 0.6) is 0 Å². The number of anilines is 1. The number of nitriles is 1. The molecular formula is C17H16N4O. The molecule has 0 saturated heterocycles. The van der Waals surface area contributed by atoms with Crippen molar-refractivity contribution in [3.63, 3.8) is 0 Å². The van der Waals surface area contributed by atoms with Crippen molar-refractivity contribution in [2.24, 2.45) is 7.05 Å². The van der Waals surface area contributed by atoms with Gasteiger partial charge >= 0.3 is 0 Å². The number of fused-ring (bicyclic) bond motifs is 1. The topological polar surface area (TPSA) is 58.0 Å². The van der Waals surface area contributed by atoms with Crippen LogP contribution < -0.4 is 4.90 Å². The summed E-state index contributed by atoms with van der Waals surface area (Å²) < 4.78 is 7.59. The number of furan rings is 1. The van der Waals surface area contributed by atoms with E-state index in [1.54, 1.807) is 6.08 Å². The van der Waals surface area contributed by atoms with Crippen molar-refractivity contribution >= 4 is 28.6 Å². The Kier molecular flexibility index (Phi) is 3.43. The lowest BCUT2D eigenvalue weighted by Gasteiger charge is -2.06. The third-order valence-corrected chi connectivity index (χ3v) is 3.49. The highest BCUT2D eigenvalue weighted by Crippen LogP contribution is 2.24. The van der Waals surface area contributed by atoms with Gasteiger partial charge in [0.05, 0.1) is 16.6 Å². The van der Waals surface area contributed by atoms with E-state index in [9.17, 15) is 5.26 Å². The summed E-state index contributed by atoms with van der Waals surface area (Å²) in [5.41, 5.74) is 2.33. The minimum absolute atomic E-state index is 0.471. The lowest BCUT2D eigenvalue weighted by atomic mass is 10.2. The number of hydrogen-bond donors (Lipinski definition) is 0. The molecule has 2 heterocycles. The van der Waals surface area contributed by atoms with E-state index in [1.807, 2.05) is 67.0 Å². The van der Waals surface area contributed by atoms with Gasteiger partial charge < -0.3 is 13.9 Å². The van der Waals surface area contributed by atoms with E-state index in [4.69, 9.17) is 4.42 Å². The summed E-state index contributed by atoms with van der Waals surface area (Å²) in [4.78, 5) is 6.42. The van der Waals surface area contributed by atoms with E-state index in [-0.39, 0.29) is 0 Å². The van der Waals surface area contributed by atoms with Gasteiger partial charge in [-0.1, -0.05) is 12.1 Å². The highest BCUT2D eigenvalue weighted by molar-refractivity contribution is 5.90. The molecule has 0 aliphatic heterocycles. The van der Waals surface area contributed by atoms with E-state index in [0.717, 1.165) is 16.9 Å². The van der Waals surface area contributed by atoms with Crippen molar-refractivity contribution < 1.29 is 4.42 Å². The fourth-order valence-corrected chi connectivity index (χ4v) is 2.34. The molecule has 0 spiro atoms. The maximum Gasteiger partial charge on any atom is 0.195 e. The smallest absolute Gasteiger partial charge is 0.195 e. The molecule has 0 fully saturated rings. The number of hydrogen-bond acceptors (Lipinski definition) is 4. The third kappa shape index (κ3) is 2.35. The van der Waals surface area contributed by atoms with Crippen LogP contribution in [0.2, 0.25) is 0 Å². The Hall–Kier alpha value is -3.00. The van der Waals surface area contributed by atoms with E-state index in [2.05, 4.69) is 11.1 Å². The Bertz CT molecular complexity index is 893. The minimum atomic E-state index is 0.471. The molecule has 0 bridgehead atoms. The molecule has 5 heteroatoms. The fraction of sp³-hybridized carbons (Fsp3) is 0.176. The first-order valence-electron chi connectivity index (χ1n) is 6.91. The largest absolute Gasteiger partial charge is 0.441 e. The predicted octanol–water partition coefficient (Wildman–Crippen LogP) is 3.30. The highest BCUT2D eigenvalue weighted by Gasteiger charge is 2.12. The third-order valence-electron chi connectivity index (χ3n) is 3.49. The van der Waals surface area contributed by atoms with Gasteiger partial charge in [0.25, 0.3) is 0 Å². The number of benzene rings is 1. The van der Waals surface area contributed by atoms with Crippen molar-refractivity contribution in [1.82, 2.24) is 9.55 Å². The second-order valence-corrected chi connectivity index (χ2v) is 5.22. The van der Waals surface area contributed by atoms with Crippen molar-refractivity contribution in [3.8, 4) is 6.07 Å². The van der Waals surface area contributed by atoms with Crippen LogP contribution in [0.4, 0.5) is 5.88 Å². The number of rotatable bonds is 3. The Morgan fingerprint density at radius 3 is 2.68 bits per heavy atom. The molecule has 2 aromatic heterocycles. The molecule has 5 nitrogen and oxygen atoms in total. The Labute approximate surface area is 128 Å². The maximum atomic E-state index is 9.48. The van der Waals surface area contributed by atoms with Crippen molar-refractivity contribution in [1.29, 1.82) is 5.26 Å². The average Bonchev–Trinajstić information content (AvgIpc) is 3.11. The minimum Gasteiger partial charge on any atom is -0.441 e. The molecule has 0 amide bonds. The summed E-state index contributed by atoms with van der Waals surface area (Å²) in [6.45, 7) is 0. The quantitative estimate of drug-likeness (QED) is 0.695. The zero-order chi connectivity index (χ0) is 15.7. The van der Waals surface area contributed by atoms with Gasteiger partial charge in [-0.05, 0) is 18.2 Å². The van der Waals surface area contributed by atoms with Crippen molar-refractivity contribution in [3.05, 3.63) is 48.0 Å². The van der Waals surface area contributed by atoms with E-state index in [0.29, 0.717) is 17.2 Å². The van der Waals surface area contributed by atoms with Gasteiger partial charge in [-0.15, -0.1) is 0 Å². The van der Waals surface area contributed by atoms with Crippen LogP contribution in [-0.2, 0) is 7.05 Å². The fourth-order valence-electron chi connectivity index (χ4n) is 2.34. The summed E-state index contributed by atoms with van der Waals surface area (Å²) in [7, 11) is 5.72. The Balaban J connectivity index is 2.07. The molecule has 1 aromatic carbocycles. The zero-order valence-corrected chi connectivity index (χ0v) is 12.7. The molecule has 22 heavy (non-hydrogen) atoms. The molecule has 0 unspecified atom stereocenters. The van der Waals surface area contributed by atoms with Gasteiger partial charge in [0, 0.05) is 33.3 Å². The number of nitrogens with zero attached hydrogens (tertiary/aromatic N) is 4. The Morgan fingerprint density at radius 2 is 2.05 bits per heavy atom. The van der Waals surface area contributed by atoms with E-state index >= 15 is 0 Å². The highest BCUT2D eigenvalue weighted by atomic mass is 16.4. The van der Waals surface area contributed by atoms with Crippen LogP contribution >= 0.6 is 0 Å². The average molecular weight is 292 g/mol. The number of aryl methyl sites for hydroxylation is 1. The van der Waals surface area contributed by atoms with Crippen LogP contribution in [0, 0.1) is 11.3 Å². The number of aromatic nitrogens is 2. The normalized spacial score (nSPS) is 11.6. The first-order valence-corrected chi connectivity index (χ1v) is 6.91. The van der Waals surface area contributed by atoms with Crippen LogP contribution in [-0.4, -0.2) is 23.6 Å². The van der Waals surface area contributed by atoms with Gasteiger partial charge in [-0.25, -0.2) is 4.98 Å². The van der Waals surface area contributed by atoms with Crippen LogP contribution in [0.1, 0.15) is 11.6 Å². The molecule has 3 rings (SSSR count). The second kappa shape index (κ2) is 5.41. The number of allylic oxidation sites excluding steroid dienone is 1. The Morgan fingerprint density at radius 1 is 1.27 bits per heavy atom. The van der Waals surface area contributed by atoms with Crippen molar-refractivity contribution in [2.75, 3.05) is 19.0 Å². The summed E-state index contributed by atoms with van der Waals surface area (Å²) in [5.74, 6) is 2.01. The molecule has 0 N–H and O–H groups in total. The van der Waals surface area contributed by atoms with Gasteiger partial charge in [-0.2, -0.15) is 5.26 Å². The maximum absolute atomic E-state index is 9.48. The molecule has 0 radical (unpaired) electrons. The van der Waals surface area contributed by atoms with E-state index in [1.165, 1.54) is 0 Å². The molecule has 3 aromatic rings. The molecule has 0 aliphatic carbocycles. The van der Waals surface area contributed by atoms with Crippen LogP contribution in [0.15, 0.2) is 40.8 Å². The standard InChI is InChI=1S/C17H16N4O/c1-20(2)16-9-8-13(22-16)10-12(11-18)17-19-14-6-4-5-7-15(14)21(17)3/h4-10H,1-3H3. The number of imidazole rings is 1. The summed E-state index contributed by atoms with van der Waals surface area (Å²) in [5, 5.41) is 9.48. The van der Waals surface area contributed by atoms with E-state index < -0.39 is 0 Å². The van der Waals surface area contributed by atoms with Crippen LogP contribution in [0.25, 0.3) is 22.7 Å². The molecule has 0 atom stereocenters. The summed E-state index contributed by atoms with van der Waals surface area (Å²) in [6.07, 6.45) is 1.72. The SMILES string of the molecule is CN(C)c1ccc(C=C(C#N)c2nc3ccccc3n2C)o1. The van der Waals surface area contributed by atoms with Gasteiger partial charge in [0.2, 0.25) is 0 Å². The lowest BCUT2D eigenvalue weighted by molar-refractivity contribution is 0.555. The van der Waals surface area contributed by atoms with Gasteiger partial charge in [-0.3, -0.25) is 0 Å². The van der Waals surface area contributed by atoms with Crippen molar-refractivity contribution in [2.45, 2.75) is 0 Å². The first-order chi connectivity index (χ1) is 10.6. The molecule has 110 valence electrons. The second-order valence-electron chi connectivity index (χ2n) is 5.22. The number of para-hydroxylation sites is 2.